The molecule has 0 bridgehead atoms. The van der Waals surface area contributed by atoms with Gasteiger partial charge in [-0.3, -0.25) is 4.78 Å². The molecule has 12 heteroatoms. The van der Waals surface area contributed by atoms with Gasteiger partial charge in [0.15, 0.2) is 5.65 Å². The van der Waals surface area contributed by atoms with Gasteiger partial charge in [0.1, 0.15) is 5.82 Å². The van der Waals surface area contributed by atoms with Gasteiger partial charge in [0.2, 0.25) is 5.28 Å². The number of alkyl halides is 3. The van der Waals surface area contributed by atoms with Crippen molar-refractivity contribution in [3.05, 3.63) is 41.3 Å². The second-order valence-electron chi connectivity index (χ2n) is 6.37. The van der Waals surface area contributed by atoms with Crippen LogP contribution in [0.5, 0.6) is 0 Å². The molecule has 1 fully saturated rings. The average molecular weight is 431 g/mol. The molecule has 0 amide bonds. The Hall–Kier alpha value is -2.40. The fraction of sp³-hybridized carbons (Fsp3) is 0.312. The molecule has 0 unspecified atom stereocenters. The molecular weight excluding hydrogens is 417 g/mol. The van der Waals surface area contributed by atoms with E-state index < -0.39 is 21.5 Å². The molecule has 148 valence electrons. The molecule has 7 nitrogen and oxygen atoms in total. The number of aromatic nitrogens is 4. The van der Waals surface area contributed by atoms with Gasteiger partial charge >= 0.3 is 6.18 Å². The van der Waals surface area contributed by atoms with Crippen molar-refractivity contribution < 1.29 is 17.4 Å². The van der Waals surface area contributed by atoms with E-state index in [2.05, 4.69) is 15.1 Å². The first-order valence-electron chi connectivity index (χ1n) is 8.22. The third-order valence-electron chi connectivity index (χ3n) is 4.48. The van der Waals surface area contributed by atoms with Crippen LogP contribution in [0.15, 0.2) is 30.5 Å². The van der Waals surface area contributed by atoms with E-state index >= 15 is 0 Å². The van der Waals surface area contributed by atoms with Gasteiger partial charge in [0.05, 0.1) is 22.8 Å². The van der Waals surface area contributed by atoms with E-state index in [0.29, 0.717) is 24.3 Å². The molecule has 1 aliphatic heterocycles. The molecule has 1 N–H and O–H groups in total. The Kier molecular flexibility index (Phi) is 4.46. The number of hydrogen-bond acceptors (Lipinski definition) is 6. The summed E-state index contributed by atoms with van der Waals surface area (Å²) in [5.41, 5.74) is -0.333. The minimum atomic E-state index is -4.48. The number of anilines is 1. The molecule has 1 aromatic carbocycles. The summed E-state index contributed by atoms with van der Waals surface area (Å²) in [4.78, 5) is 10.2. The van der Waals surface area contributed by atoms with Crippen LogP contribution >= 0.6 is 11.6 Å². The van der Waals surface area contributed by atoms with Gasteiger partial charge in [0, 0.05) is 34.3 Å². The lowest BCUT2D eigenvalue weighted by Crippen LogP contribution is -2.40. The molecule has 0 atom stereocenters. The number of nitrogens with one attached hydrogen (secondary N) is 1. The number of benzene rings is 1. The monoisotopic (exact) mass is 430 g/mol. The molecule has 1 saturated heterocycles. The van der Waals surface area contributed by atoms with Gasteiger partial charge in [-0.25, -0.2) is 8.89 Å². The van der Waals surface area contributed by atoms with Crippen molar-refractivity contribution in [3.8, 4) is 5.69 Å². The Morgan fingerprint density at radius 1 is 1.18 bits per heavy atom. The summed E-state index contributed by atoms with van der Waals surface area (Å²) in [7, 11) is -2.59. The van der Waals surface area contributed by atoms with E-state index in [-0.39, 0.29) is 28.1 Å². The lowest BCUT2D eigenvalue weighted by Gasteiger charge is -2.29. The quantitative estimate of drug-likeness (QED) is 0.630. The summed E-state index contributed by atoms with van der Waals surface area (Å²) in [6.45, 7) is 0.721. The zero-order valence-corrected chi connectivity index (χ0v) is 15.9. The van der Waals surface area contributed by atoms with Gasteiger partial charge in [-0.05, 0) is 29.8 Å². The van der Waals surface area contributed by atoms with Crippen LogP contribution in [0.2, 0.25) is 5.28 Å². The van der Waals surface area contributed by atoms with Crippen LogP contribution < -0.4 is 4.90 Å². The normalized spacial score (nSPS) is 17.2. The van der Waals surface area contributed by atoms with Crippen molar-refractivity contribution in [2.45, 2.75) is 6.18 Å². The molecule has 0 spiro atoms. The minimum absolute atomic E-state index is 0.0755. The summed E-state index contributed by atoms with van der Waals surface area (Å²) >= 11 is 6.06. The summed E-state index contributed by atoms with van der Waals surface area (Å²) < 4.78 is 60.0. The van der Waals surface area contributed by atoms with Crippen LogP contribution in [0.3, 0.4) is 0 Å². The van der Waals surface area contributed by atoms with E-state index in [0.717, 1.165) is 12.1 Å². The third kappa shape index (κ3) is 3.51. The van der Waals surface area contributed by atoms with Gasteiger partial charge in [-0.15, -0.1) is 0 Å². The zero-order valence-electron chi connectivity index (χ0n) is 14.3. The number of halogens is 4. The first-order chi connectivity index (χ1) is 13.1. The first kappa shape index (κ1) is 18.9. The van der Waals surface area contributed by atoms with Crippen LogP contribution in [0.25, 0.3) is 16.7 Å². The first-order valence-corrected chi connectivity index (χ1v) is 10.5. The second kappa shape index (κ2) is 6.59. The summed E-state index contributed by atoms with van der Waals surface area (Å²) in [5, 5.41) is 4.62. The maximum atomic E-state index is 13.0. The molecule has 4 rings (SSSR count). The molecule has 28 heavy (non-hydrogen) atoms. The van der Waals surface area contributed by atoms with Gasteiger partial charge < -0.3 is 4.90 Å². The topological polar surface area (TPSA) is 87.8 Å². The van der Waals surface area contributed by atoms with E-state index in [1.54, 1.807) is 0 Å². The van der Waals surface area contributed by atoms with E-state index in [1.165, 1.54) is 23.0 Å². The lowest BCUT2D eigenvalue weighted by atomic mass is 10.2. The molecule has 3 aromatic rings. The highest BCUT2D eigenvalue weighted by Gasteiger charge is 2.31. The maximum Gasteiger partial charge on any atom is 0.416 e. The van der Waals surface area contributed by atoms with E-state index in [9.17, 15) is 17.4 Å². The van der Waals surface area contributed by atoms with E-state index in [1.807, 2.05) is 4.90 Å². The molecule has 0 saturated carbocycles. The number of hydrogen-bond donors (Lipinski definition) is 1. The van der Waals surface area contributed by atoms with Gasteiger partial charge in [-0.1, -0.05) is 6.07 Å². The number of nitrogens with zero attached hydrogens (tertiary/aromatic N) is 5. The van der Waals surface area contributed by atoms with Gasteiger partial charge in [-0.2, -0.15) is 28.2 Å². The van der Waals surface area contributed by atoms with Gasteiger partial charge in [0.25, 0.3) is 0 Å². The highest BCUT2D eigenvalue weighted by Crippen LogP contribution is 2.32. The van der Waals surface area contributed by atoms with Crippen LogP contribution in [-0.4, -0.2) is 48.6 Å². The summed E-state index contributed by atoms with van der Waals surface area (Å²) in [6.07, 6.45) is -3.01. The Labute approximate surface area is 163 Å². The second-order valence-corrected chi connectivity index (χ2v) is 9.14. The Morgan fingerprint density at radius 2 is 1.89 bits per heavy atom. The predicted molar refractivity (Wildman–Crippen MR) is 99.5 cm³/mol. The Bertz CT molecular complexity index is 1150. The Morgan fingerprint density at radius 3 is 2.57 bits per heavy atom. The van der Waals surface area contributed by atoms with Crippen LogP contribution in [0.1, 0.15) is 5.56 Å². The average Bonchev–Trinajstić information content (AvgIpc) is 3.04. The molecule has 1 aliphatic rings. The fourth-order valence-corrected chi connectivity index (χ4v) is 4.45. The zero-order chi connectivity index (χ0) is 20.1. The van der Waals surface area contributed by atoms with Crippen molar-refractivity contribution in [2.24, 2.45) is 0 Å². The van der Waals surface area contributed by atoms with Crippen molar-refractivity contribution >= 4 is 38.2 Å². The smallest absolute Gasteiger partial charge is 0.354 e. The standard InChI is InChI=1S/C16H14ClF3N6OS/c17-15-23-13(25-4-6-28(21,27)7-5-25)12-9-22-26(14(12)24-15)11-3-1-2-10(8-11)16(18,19)20/h1-3,8-9,21H,4-7H2. The van der Waals surface area contributed by atoms with Crippen LogP contribution in [-0.2, 0) is 15.9 Å². The number of rotatable bonds is 2. The molecule has 0 aliphatic carbocycles. The van der Waals surface area contributed by atoms with Crippen molar-refractivity contribution in [2.75, 3.05) is 29.5 Å². The van der Waals surface area contributed by atoms with Crippen LogP contribution in [0.4, 0.5) is 19.0 Å². The predicted octanol–water partition coefficient (Wildman–Crippen LogP) is 3.35. The highest BCUT2D eigenvalue weighted by molar-refractivity contribution is 7.92. The SMILES string of the molecule is N=S1(=O)CCN(c2nc(Cl)nc3c2cnn3-c2cccc(C(F)(F)F)c2)CC1. The summed E-state index contributed by atoms with van der Waals surface area (Å²) in [5.74, 6) is 0.874. The minimum Gasteiger partial charge on any atom is -0.354 e. The molecule has 2 aromatic heterocycles. The molecule has 0 radical (unpaired) electrons. The van der Waals surface area contributed by atoms with Crippen molar-refractivity contribution in [1.29, 1.82) is 4.78 Å². The van der Waals surface area contributed by atoms with Crippen molar-refractivity contribution in [1.82, 2.24) is 19.7 Å². The lowest BCUT2D eigenvalue weighted by molar-refractivity contribution is -0.137. The Balaban J connectivity index is 1.80. The highest BCUT2D eigenvalue weighted by atomic mass is 35.5. The largest absolute Gasteiger partial charge is 0.416 e. The third-order valence-corrected chi connectivity index (χ3v) is 6.33. The van der Waals surface area contributed by atoms with Crippen molar-refractivity contribution in [3.63, 3.8) is 0 Å². The van der Waals surface area contributed by atoms with E-state index in [4.69, 9.17) is 16.4 Å². The fourth-order valence-electron chi connectivity index (χ4n) is 3.05. The molecule has 3 heterocycles. The summed E-state index contributed by atoms with van der Waals surface area (Å²) in [6, 6.07) is 4.76. The van der Waals surface area contributed by atoms with Crippen LogP contribution in [0, 0.1) is 4.78 Å². The molecular formula is C16H14ClF3N6OS. The number of fused-ring (bicyclic) bond motifs is 1. The maximum absolute atomic E-state index is 13.0.